The fourth-order valence-electron chi connectivity index (χ4n) is 1.19. The van der Waals surface area contributed by atoms with Crippen molar-refractivity contribution in [3.8, 4) is 0 Å². The predicted molar refractivity (Wildman–Crippen MR) is 49.3 cm³/mol. The van der Waals surface area contributed by atoms with Crippen molar-refractivity contribution < 1.29 is 13.2 Å². The van der Waals surface area contributed by atoms with Crippen molar-refractivity contribution in [2.45, 2.75) is 0 Å². The molecule has 0 radical (unpaired) electrons. The molecule has 2 aromatic rings. The molecule has 0 fully saturated rings. The summed E-state index contributed by atoms with van der Waals surface area (Å²) in [6.07, 6.45) is 1.31. The van der Waals surface area contributed by atoms with Crippen LogP contribution in [0, 0.1) is 17.5 Å². The van der Waals surface area contributed by atoms with Crippen LogP contribution in [-0.4, -0.2) is 4.98 Å². The van der Waals surface area contributed by atoms with E-state index in [0.717, 1.165) is 6.07 Å². The number of aromatic nitrogens is 1. The lowest BCUT2D eigenvalue weighted by molar-refractivity contribution is 0.453. The Kier molecular flexibility index (Phi) is 2.19. The molecule has 0 aliphatic heterocycles. The summed E-state index contributed by atoms with van der Waals surface area (Å²) in [5, 5.41) is 0.217. The maximum Gasteiger partial charge on any atom is 0.195 e. The quantitative estimate of drug-likeness (QED) is 0.523. The number of nitrogens with zero attached hydrogens (tertiary/aromatic N) is 1. The first-order valence-corrected chi connectivity index (χ1v) is 4.48. The molecule has 1 nitrogen and oxygen atoms in total. The van der Waals surface area contributed by atoms with Gasteiger partial charge in [0.2, 0.25) is 0 Å². The molecule has 1 heterocycles. The molecule has 1 aromatic heterocycles. The Morgan fingerprint density at radius 3 is 2.50 bits per heavy atom. The number of pyridine rings is 1. The van der Waals surface area contributed by atoms with Gasteiger partial charge in [0.25, 0.3) is 0 Å². The van der Waals surface area contributed by atoms with Crippen LogP contribution in [0.2, 0.25) is 0 Å². The number of rotatable bonds is 0. The zero-order valence-electron chi connectivity index (χ0n) is 6.69. The van der Waals surface area contributed by atoms with Gasteiger partial charge in [-0.1, -0.05) is 0 Å². The highest BCUT2D eigenvalue weighted by Crippen LogP contribution is 2.26. The van der Waals surface area contributed by atoms with Crippen molar-refractivity contribution in [3.63, 3.8) is 0 Å². The van der Waals surface area contributed by atoms with Gasteiger partial charge < -0.3 is 0 Å². The summed E-state index contributed by atoms with van der Waals surface area (Å²) >= 11 is 3.02. The molecular weight excluding hydrogens is 259 g/mol. The Morgan fingerprint density at radius 2 is 1.79 bits per heavy atom. The summed E-state index contributed by atoms with van der Waals surface area (Å²) in [6.45, 7) is 0. The molecule has 14 heavy (non-hydrogen) atoms. The van der Waals surface area contributed by atoms with Crippen LogP contribution >= 0.6 is 15.9 Å². The van der Waals surface area contributed by atoms with Gasteiger partial charge in [0.15, 0.2) is 17.5 Å². The van der Waals surface area contributed by atoms with Gasteiger partial charge in [-0.2, -0.15) is 0 Å². The molecule has 0 N–H and O–H groups in total. The molecule has 72 valence electrons. The van der Waals surface area contributed by atoms with Crippen LogP contribution in [0.1, 0.15) is 0 Å². The monoisotopic (exact) mass is 261 g/mol. The highest BCUT2D eigenvalue weighted by molar-refractivity contribution is 9.10. The van der Waals surface area contributed by atoms with Gasteiger partial charge in [0.1, 0.15) is 4.60 Å². The maximum atomic E-state index is 13.2. The van der Waals surface area contributed by atoms with Crippen LogP contribution in [0.3, 0.4) is 0 Å². The molecular formula is C9H3BrF3N. The van der Waals surface area contributed by atoms with Gasteiger partial charge in [0.05, 0.1) is 0 Å². The van der Waals surface area contributed by atoms with Crippen molar-refractivity contribution >= 4 is 26.7 Å². The third kappa shape index (κ3) is 1.28. The fourth-order valence-corrected chi connectivity index (χ4v) is 1.64. The average Bonchev–Trinajstić information content (AvgIpc) is 2.17. The van der Waals surface area contributed by atoms with Crippen LogP contribution in [0.15, 0.2) is 22.9 Å². The summed E-state index contributed by atoms with van der Waals surface area (Å²) in [7, 11) is 0. The summed E-state index contributed by atoms with van der Waals surface area (Å²) < 4.78 is 39.1. The lowest BCUT2D eigenvalue weighted by Crippen LogP contribution is -1.93. The van der Waals surface area contributed by atoms with Crippen molar-refractivity contribution in [3.05, 3.63) is 40.4 Å². The van der Waals surface area contributed by atoms with Crippen LogP contribution < -0.4 is 0 Å². The van der Waals surface area contributed by atoms with E-state index in [1.165, 1.54) is 12.3 Å². The molecule has 0 amide bonds. The first kappa shape index (κ1) is 9.45. The van der Waals surface area contributed by atoms with Gasteiger partial charge in [-0.25, -0.2) is 18.2 Å². The van der Waals surface area contributed by atoms with Crippen molar-refractivity contribution in [2.75, 3.05) is 0 Å². The molecule has 0 saturated heterocycles. The SMILES string of the molecule is Fc1cc2c(Br)nccc2c(F)c1F. The van der Waals surface area contributed by atoms with Gasteiger partial charge in [-0.3, -0.25) is 0 Å². The minimum atomic E-state index is -1.46. The first-order valence-electron chi connectivity index (χ1n) is 3.69. The largest absolute Gasteiger partial charge is 0.249 e. The number of hydrogen-bond donors (Lipinski definition) is 0. The Bertz CT molecular complexity index is 513. The van der Waals surface area contributed by atoms with E-state index in [0.29, 0.717) is 0 Å². The van der Waals surface area contributed by atoms with E-state index in [1.54, 1.807) is 0 Å². The average molecular weight is 262 g/mol. The minimum Gasteiger partial charge on any atom is -0.249 e. The fraction of sp³-hybridized carbons (Fsp3) is 0. The van der Waals surface area contributed by atoms with Crippen molar-refractivity contribution in [1.82, 2.24) is 4.98 Å². The summed E-state index contributed by atoms with van der Waals surface area (Å²) in [5.41, 5.74) is 0. The van der Waals surface area contributed by atoms with E-state index >= 15 is 0 Å². The van der Waals surface area contributed by atoms with Crippen LogP contribution in [0.25, 0.3) is 10.8 Å². The van der Waals surface area contributed by atoms with Crippen molar-refractivity contribution in [2.24, 2.45) is 0 Å². The second-order valence-electron chi connectivity index (χ2n) is 2.68. The smallest absolute Gasteiger partial charge is 0.195 e. The molecule has 5 heteroatoms. The molecule has 0 spiro atoms. The van der Waals surface area contributed by atoms with E-state index in [-0.39, 0.29) is 15.4 Å². The molecule has 0 atom stereocenters. The Balaban J connectivity index is 2.98. The third-order valence-electron chi connectivity index (χ3n) is 1.85. The first-order chi connectivity index (χ1) is 6.61. The molecule has 0 unspecified atom stereocenters. The topological polar surface area (TPSA) is 12.9 Å². The van der Waals surface area contributed by atoms with Gasteiger partial charge in [-0.05, 0) is 28.1 Å². The van der Waals surface area contributed by atoms with E-state index in [2.05, 4.69) is 20.9 Å². The summed E-state index contributed by atoms with van der Waals surface area (Å²) in [4.78, 5) is 3.78. The third-order valence-corrected chi connectivity index (χ3v) is 2.48. The Morgan fingerprint density at radius 1 is 1.07 bits per heavy atom. The molecule has 0 aliphatic rings. The normalized spacial score (nSPS) is 10.9. The second-order valence-corrected chi connectivity index (χ2v) is 3.43. The molecule has 0 saturated carbocycles. The highest BCUT2D eigenvalue weighted by Gasteiger charge is 2.14. The van der Waals surface area contributed by atoms with E-state index in [4.69, 9.17) is 0 Å². The highest BCUT2D eigenvalue weighted by atomic mass is 79.9. The van der Waals surface area contributed by atoms with E-state index in [1.807, 2.05) is 0 Å². The standard InChI is InChI=1S/C9H3BrF3N/c10-9-5-3-6(11)8(13)7(12)4(5)1-2-14-9/h1-3H. The Labute approximate surface area is 85.7 Å². The maximum absolute atomic E-state index is 13.2. The number of halogens is 4. The van der Waals surface area contributed by atoms with Gasteiger partial charge >= 0.3 is 0 Å². The van der Waals surface area contributed by atoms with E-state index < -0.39 is 17.5 Å². The van der Waals surface area contributed by atoms with Gasteiger partial charge in [0, 0.05) is 17.0 Å². The zero-order valence-corrected chi connectivity index (χ0v) is 8.28. The van der Waals surface area contributed by atoms with E-state index in [9.17, 15) is 13.2 Å². The van der Waals surface area contributed by atoms with Crippen molar-refractivity contribution in [1.29, 1.82) is 0 Å². The molecule has 2 rings (SSSR count). The molecule has 0 bridgehead atoms. The molecule has 1 aromatic carbocycles. The number of hydrogen-bond acceptors (Lipinski definition) is 1. The summed E-state index contributed by atoms with van der Waals surface area (Å²) in [6, 6.07) is 2.20. The second kappa shape index (κ2) is 3.24. The lowest BCUT2D eigenvalue weighted by Gasteiger charge is -2.02. The molecule has 0 aliphatic carbocycles. The minimum absolute atomic E-state index is 0.00535. The zero-order chi connectivity index (χ0) is 10.3. The number of benzene rings is 1. The van der Waals surface area contributed by atoms with Crippen LogP contribution in [0.4, 0.5) is 13.2 Å². The number of fused-ring (bicyclic) bond motifs is 1. The lowest BCUT2D eigenvalue weighted by atomic mass is 10.1. The van der Waals surface area contributed by atoms with Gasteiger partial charge in [-0.15, -0.1) is 0 Å². The van der Waals surface area contributed by atoms with Crippen LogP contribution in [0.5, 0.6) is 0 Å². The predicted octanol–water partition coefficient (Wildman–Crippen LogP) is 3.41. The summed E-state index contributed by atoms with van der Waals surface area (Å²) in [5.74, 6) is -3.87. The Hall–Kier alpha value is -1.10. The van der Waals surface area contributed by atoms with Crippen LogP contribution in [-0.2, 0) is 0 Å².